The van der Waals surface area contributed by atoms with Crippen molar-refractivity contribution < 1.29 is 4.74 Å². The van der Waals surface area contributed by atoms with Crippen LogP contribution < -0.4 is 11.0 Å². The van der Waals surface area contributed by atoms with Crippen molar-refractivity contribution in [1.29, 1.82) is 0 Å². The Morgan fingerprint density at radius 3 is 2.70 bits per heavy atom. The van der Waals surface area contributed by atoms with Crippen molar-refractivity contribution in [3.05, 3.63) is 32.7 Å². The molecule has 20 heavy (non-hydrogen) atoms. The summed E-state index contributed by atoms with van der Waals surface area (Å²) in [5.41, 5.74) is 2.31. The highest BCUT2D eigenvalue weighted by Crippen LogP contribution is 2.40. The zero-order valence-electron chi connectivity index (χ0n) is 11.5. The van der Waals surface area contributed by atoms with Gasteiger partial charge in [-0.3, -0.25) is 0 Å². The van der Waals surface area contributed by atoms with Gasteiger partial charge in [-0.05, 0) is 44.5 Å². The highest BCUT2D eigenvalue weighted by molar-refractivity contribution is 9.10. The molecule has 1 aromatic heterocycles. The van der Waals surface area contributed by atoms with Crippen LogP contribution in [-0.2, 0) is 4.74 Å². The lowest BCUT2D eigenvalue weighted by atomic mass is 9.87. The largest absolute Gasteiger partial charge is 0.373 e. The van der Waals surface area contributed by atoms with E-state index >= 15 is 0 Å². The Hall–Kier alpha value is -1.11. The number of imidazole rings is 1. The van der Waals surface area contributed by atoms with Gasteiger partial charge < -0.3 is 20.0 Å². The molecule has 2 atom stereocenters. The van der Waals surface area contributed by atoms with Crippen LogP contribution in [0.15, 0.2) is 21.4 Å². The topological polar surface area (TPSA) is 69.9 Å². The smallest absolute Gasteiger partial charge is 0.323 e. The van der Waals surface area contributed by atoms with Gasteiger partial charge in [0.2, 0.25) is 0 Å². The number of H-pyrrole nitrogens is 2. The monoisotopic (exact) mass is 339 g/mol. The van der Waals surface area contributed by atoms with E-state index in [-0.39, 0.29) is 17.3 Å². The predicted molar refractivity (Wildman–Crippen MR) is 82.0 cm³/mol. The van der Waals surface area contributed by atoms with E-state index in [2.05, 4.69) is 38.1 Å². The summed E-state index contributed by atoms with van der Waals surface area (Å²) >= 11 is 3.61. The van der Waals surface area contributed by atoms with E-state index in [1.807, 2.05) is 19.2 Å². The maximum atomic E-state index is 11.4. The third-order valence-corrected chi connectivity index (χ3v) is 4.78. The summed E-state index contributed by atoms with van der Waals surface area (Å²) in [6.45, 7) is 2.94. The molecule has 1 saturated heterocycles. The van der Waals surface area contributed by atoms with E-state index in [0.29, 0.717) is 0 Å². The van der Waals surface area contributed by atoms with Crippen molar-refractivity contribution >= 4 is 27.0 Å². The highest BCUT2D eigenvalue weighted by atomic mass is 79.9. The first kappa shape index (κ1) is 13.9. The van der Waals surface area contributed by atoms with Gasteiger partial charge in [0, 0.05) is 11.1 Å². The molecule has 1 aliphatic rings. The lowest BCUT2D eigenvalue weighted by Crippen LogP contribution is -2.39. The molecular formula is C14H18BrN3O2. The van der Waals surface area contributed by atoms with Crippen LogP contribution in [0.1, 0.15) is 31.4 Å². The molecule has 0 radical (unpaired) electrons. The minimum Gasteiger partial charge on any atom is -0.373 e. The van der Waals surface area contributed by atoms with E-state index in [0.717, 1.165) is 40.5 Å². The minimum atomic E-state index is -0.221. The number of likely N-dealkylation sites (N-methyl/N-ethyl adjacent to an activating group) is 1. The van der Waals surface area contributed by atoms with Crippen LogP contribution in [0.25, 0.3) is 11.0 Å². The average Bonchev–Trinajstić information content (AvgIpc) is 2.96. The van der Waals surface area contributed by atoms with Gasteiger partial charge in [0.25, 0.3) is 0 Å². The number of hydrogen-bond acceptors (Lipinski definition) is 3. The zero-order valence-corrected chi connectivity index (χ0v) is 13.1. The van der Waals surface area contributed by atoms with Crippen molar-refractivity contribution in [3.8, 4) is 0 Å². The van der Waals surface area contributed by atoms with Crippen LogP contribution in [0.2, 0.25) is 0 Å². The van der Waals surface area contributed by atoms with Crippen molar-refractivity contribution in [2.75, 3.05) is 13.7 Å². The Balaban J connectivity index is 2.11. The van der Waals surface area contributed by atoms with Gasteiger partial charge in [0.1, 0.15) is 0 Å². The Kier molecular flexibility index (Phi) is 3.48. The molecule has 1 aromatic carbocycles. The molecule has 3 N–H and O–H groups in total. The number of fused-ring (bicyclic) bond motifs is 1. The zero-order chi connectivity index (χ0) is 14.3. The summed E-state index contributed by atoms with van der Waals surface area (Å²) < 4.78 is 6.93. The van der Waals surface area contributed by atoms with Gasteiger partial charge in [-0.2, -0.15) is 0 Å². The Labute approximate surface area is 125 Å². The second kappa shape index (κ2) is 5.02. The number of nitrogens with one attached hydrogen (secondary N) is 3. The molecule has 2 aromatic rings. The van der Waals surface area contributed by atoms with Crippen LogP contribution in [-0.4, -0.2) is 29.2 Å². The molecule has 1 fully saturated rings. The van der Waals surface area contributed by atoms with E-state index < -0.39 is 0 Å². The Bertz CT molecular complexity index is 685. The molecule has 0 aliphatic carbocycles. The number of rotatable bonds is 3. The van der Waals surface area contributed by atoms with Gasteiger partial charge in [-0.15, -0.1) is 0 Å². The van der Waals surface area contributed by atoms with E-state index in [1.54, 1.807) is 0 Å². The summed E-state index contributed by atoms with van der Waals surface area (Å²) in [6.07, 6.45) is 2.10. The fourth-order valence-corrected chi connectivity index (χ4v) is 3.68. The highest BCUT2D eigenvalue weighted by Gasteiger charge is 2.39. The minimum absolute atomic E-state index is 0.0715. The molecule has 0 bridgehead atoms. The van der Waals surface area contributed by atoms with Crippen LogP contribution >= 0.6 is 15.9 Å². The average molecular weight is 340 g/mol. The van der Waals surface area contributed by atoms with Gasteiger partial charge in [-0.25, -0.2) is 4.79 Å². The molecular weight excluding hydrogens is 322 g/mol. The number of ether oxygens (including phenoxy) is 1. The normalized spacial score (nSPS) is 24.4. The maximum absolute atomic E-state index is 11.4. The van der Waals surface area contributed by atoms with Crippen molar-refractivity contribution in [2.45, 2.75) is 31.4 Å². The van der Waals surface area contributed by atoms with E-state index in [4.69, 9.17) is 4.74 Å². The Morgan fingerprint density at radius 2 is 2.10 bits per heavy atom. The van der Waals surface area contributed by atoms with Gasteiger partial charge >= 0.3 is 5.69 Å². The second-order valence-electron chi connectivity index (χ2n) is 5.48. The second-order valence-corrected chi connectivity index (χ2v) is 6.34. The molecule has 5 nitrogen and oxygen atoms in total. The van der Waals surface area contributed by atoms with Crippen molar-refractivity contribution in [3.63, 3.8) is 0 Å². The van der Waals surface area contributed by atoms with Gasteiger partial charge in [-0.1, -0.05) is 15.9 Å². The first-order valence-electron chi connectivity index (χ1n) is 6.76. The molecule has 0 spiro atoms. The molecule has 1 aliphatic heterocycles. The standard InChI is InChI=1S/C14H18BrN3O2/c1-14(4-3-5-20-14)12(16-2)8-6-10-11(7-9(8)15)18-13(19)17-10/h6-7,12,16H,3-5H2,1-2H3,(H2,17,18,19). The van der Waals surface area contributed by atoms with Gasteiger partial charge in [0.15, 0.2) is 0 Å². The number of halogens is 1. The summed E-state index contributed by atoms with van der Waals surface area (Å²) in [5, 5.41) is 3.36. The summed E-state index contributed by atoms with van der Waals surface area (Å²) in [4.78, 5) is 17.0. The number of aromatic amines is 2. The third-order valence-electron chi connectivity index (χ3n) is 4.09. The Morgan fingerprint density at radius 1 is 1.40 bits per heavy atom. The van der Waals surface area contributed by atoms with Crippen LogP contribution in [0, 0.1) is 0 Å². The SMILES string of the molecule is CNC(c1cc2[nH]c(=O)[nH]c2cc1Br)C1(C)CCCO1. The summed E-state index contributed by atoms with van der Waals surface area (Å²) in [5.74, 6) is 0. The van der Waals surface area contributed by atoms with Crippen LogP contribution in [0.4, 0.5) is 0 Å². The lowest BCUT2D eigenvalue weighted by Gasteiger charge is -2.34. The first-order valence-corrected chi connectivity index (χ1v) is 7.55. The quantitative estimate of drug-likeness (QED) is 0.804. The molecule has 108 valence electrons. The summed E-state index contributed by atoms with van der Waals surface area (Å²) in [7, 11) is 1.94. The fourth-order valence-electron chi connectivity index (χ4n) is 3.11. The molecule has 6 heteroatoms. The van der Waals surface area contributed by atoms with Gasteiger partial charge in [0.05, 0.1) is 22.7 Å². The molecule has 3 rings (SSSR count). The molecule has 0 saturated carbocycles. The van der Waals surface area contributed by atoms with Crippen LogP contribution in [0.5, 0.6) is 0 Å². The fraction of sp³-hybridized carbons (Fsp3) is 0.500. The number of benzene rings is 1. The third kappa shape index (κ3) is 2.21. The summed E-state index contributed by atoms with van der Waals surface area (Å²) in [6, 6.07) is 4.01. The van der Waals surface area contributed by atoms with E-state index in [1.165, 1.54) is 0 Å². The maximum Gasteiger partial charge on any atom is 0.323 e. The van der Waals surface area contributed by atoms with Crippen molar-refractivity contribution in [1.82, 2.24) is 15.3 Å². The van der Waals surface area contributed by atoms with Crippen LogP contribution in [0.3, 0.4) is 0 Å². The molecule has 2 unspecified atom stereocenters. The van der Waals surface area contributed by atoms with E-state index in [9.17, 15) is 4.79 Å². The molecule has 2 heterocycles. The molecule has 0 amide bonds. The van der Waals surface area contributed by atoms with Crippen molar-refractivity contribution in [2.24, 2.45) is 0 Å². The first-order chi connectivity index (χ1) is 9.53. The number of aromatic nitrogens is 2. The predicted octanol–water partition coefficient (Wildman–Crippen LogP) is 2.45. The lowest BCUT2D eigenvalue weighted by molar-refractivity contribution is -0.0106. The number of hydrogen-bond donors (Lipinski definition) is 3.